The summed E-state index contributed by atoms with van der Waals surface area (Å²) in [6.07, 6.45) is 1.82. The van der Waals surface area contributed by atoms with E-state index >= 15 is 0 Å². The van der Waals surface area contributed by atoms with Crippen LogP contribution >= 0.6 is 0 Å². The van der Waals surface area contributed by atoms with Crippen molar-refractivity contribution >= 4 is 5.91 Å². The molecule has 0 bridgehead atoms. The minimum atomic E-state index is -0.174. The number of aliphatic hydroxyl groups excluding tert-OH is 1. The minimum Gasteiger partial charge on any atom is -0.393 e. The van der Waals surface area contributed by atoms with Crippen molar-refractivity contribution in [2.24, 2.45) is 11.8 Å². The van der Waals surface area contributed by atoms with Crippen LogP contribution in [0.4, 0.5) is 0 Å². The first-order valence-corrected chi connectivity index (χ1v) is 5.33. The van der Waals surface area contributed by atoms with Crippen LogP contribution in [0.2, 0.25) is 0 Å². The standard InChI is InChI=1S/C10H18N2O2/c1-11-4-10(14)12-5-7-2-3-9(13)8(7)6-12/h7-9,11,13H,2-6H2,1H3. The summed E-state index contributed by atoms with van der Waals surface area (Å²) < 4.78 is 0. The molecule has 0 aromatic carbocycles. The number of hydrogen-bond acceptors (Lipinski definition) is 3. The molecule has 1 saturated carbocycles. The highest BCUT2D eigenvalue weighted by molar-refractivity contribution is 5.78. The number of likely N-dealkylation sites (tertiary alicyclic amines) is 1. The first-order valence-electron chi connectivity index (χ1n) is 5.33. The predicted octanol–water partition coefficient (Wildman–Crippen LogP) is -0.565. The van der Waals surface area contributed by atoms with E-state index in [2.05, 4.69) is 5.32 Å². The van der Waals surface area contributed by atoms with Crippen LogP contribution in [0.3, 0.4) is 0 Å². The zero-order valence-electron chi connectivity index (χ0n) is 8.57. The Bertz CT molecular complexity index is 232. The van der Waals surface area contributed by atoms with Gasteiger partial charge in [0.05, 0.1) is 12.6 Å². The lowest BCUT2D eigenvalue weighted by Crippen LogP contribution is -2.36. The number of fused-ring (bicyclic) bond motifs is 1. The highest BCUT2D eigenvalue weighted by Gasteiger charge is 2.42. The fourth-order valence-corrected chi connectivity index (χ4v) is 2.70. The molecular weight excluding hydrogens is 180 g/mol. The summed E-state index contributed by atoms with van der Waals surface area (Å²) in [4.78, 5) is 13.4. The van der Waals surface area contributed by atoms with Gasteiger partial charge < -0.3 is 15.3 Å². The maximum Gasteiger partial charge on any atom is 0.236 e. The molecule has 0 aromatic heterocycles. The summed E-state index contributed by atoms with van der Waals surface area (Å²) >= 11 is 0. The van der Waals surface area contributed by atoms with Crippen LogP contribution in [0.15, 0.2) is 0 Å². The molecule has 1 amide bonds. The number of hydrogen-bond donors (Lipinski definition) is 2. The lowest BCUT2D eigenvalue weighted by atomic mass is 10.00. The van der Waals surface area contributed by atoms with E-state index in [1.807, 2.05) is 4.90 Å². The lowest BCUT2D eigenvalue weighted by Gasteiger charge is -2.18. The molecule has 3 atom stereocenters. The number of carbonyl (C=O) groups excluding carboxylic acids is 1. The normalized spacial score (nSPS) is 36.1. The Kier molecular flexibility index (Phi) is 2.74. The van der Waals surface area contributed by atoms with E-state index in [-0.39, 0.29) is 12.0 Å². The quantitative estimate of drug-likeness (QED) is 0.625. The van der Waals surface area contributed by atoms with Gasteiger partial charge >= 0.3 is 0 Å². The molecule has 1 aliphatic carbocycles. The summed E-state index contributed by atoms with van der Waals surface area (Å²) in [6.45, 7) is 2.02. The van der Waals surface area contributed by atoms with Crippen molar-refractivity contribution in [1.82, 2.24) is 10.2 Å². The molecule has 2 rings (SSSR count). The molecule has 1 aliphatic heterocycles. The molecule has 0 aromatic rings. The molecule has 1 heterocycles. The Morgan fingerprint density at radius 2 is 2.29 bits per heavy atom. The third-order valence-electron chi connectivity index (χ3n) is 3.50. The first-order chi connectivity index (χ1) is 6.72. The average Bonchev–Trinajstić information content (AvgIpc) is 2.69. The number of nitrogens with zero attached hydrogens (tertiary/aromatic N) is 1. The van der Waals surface area contributed by atoms with Crippen LogP contribution in [0.25, 0.3) is 0 Å². The number of aliphatic hydroxyl groups is 1. The fourth-order valence-electron chi connectivity index (χ4n) is 2.70. The number of likely N-dealkylation sites (N-methyl/N-ethyl adjacent to an activating group) is 1. The maximum atomic E-state index is 11.6. The van der Waals surface area contributed by atoms with E-state index in [1.54, 1.807) is 7.05 Å². The number of amides is 1. The highest BCUT2D eigenvalue weighted by Crippen LogP contribution is 2.37. The van der Waals surface area contributed by atoms with Gasteiger partial charge in [-0.3, -0.25) is 4.79 Å². The van der Waals surface area contributed by atoms with E-state index in [4.69, 9.17) is 0 Å². The fraction of sp³-hybridized carbons (Fsp3) is 0.900. The molecule has 80 valence electrons. The molecular formula is C10H18N2O2. The summed E-state index contributed by atoms with van der Waals surface area (Å²) in [7, 11) is 1.78. The lowest BCUT2D eigenvalue weighted by molar-refractivity contribution is -0.129. The third-order valence-corrected chi connectivity index (χ3v) is 3.50. The van der Waals surface area contributed by atoms with Crippen molar-refractivity contribution < 1.29 is 9.90 Å². The van der Waals surface area contributed by atoms with Gasteiger partial charge in [0.15, 0.2) is 0 Å². The van der Waals surface area contributed by atoms with Gasteiger partial charge in [0, 0.05) is 19.0 Å². The highest BCUT2D eigenvalue weighted by atomic mass is 16.3. The van der Waals surface area contributed by atoms with Gasteiger partial charge in [-0.1, -0.05) is 0 Å². The summed E-state index contributed by atoms with van der Waals surface area (Å²) in [5.74, 6) is 1.05. The van der Waals surface area contributed by atoms with Crippen LogP contribution in [-0.4, -0.2) is 48.7 Å². The van der Waals surface area contributed by atoms with Crippen molar-refractivity contribution in [2.45, 2.75) is 18.9 Å². The van der Waals surface area contributed by atoms with Crippen LogP contribution in [0.5, 0.6) is 0 Å². The minimum absolute atomic E-state index is 0.161. The Morgan fingerprint density at radius 1 is 1.50 bits per heavy atom. The first kappa shape index (κ1) is 9.93. The van der Waals surface area contributed by atoms with Crippen LogP contribution in [0.1, 0.15) is 12.8 Å². The summed E-state index contributed by atoms with van der Waals surface area (Å²) in [6, 6.07) is 0. The van der Waals surface area contributed by atoms with Crippen molar-refractivity contribution in [2.75, 3.05) is 26.7 Å². The van der Waals surface area contributed by atoms with Crippen LogP contribution in [0, 0.1) is 11.8 Å². The van der Waals surface area contributed by atoms with Gasteiger partial charge in [0.25, 0.3) is 0 Å². The molecule has 4 nitrogen and oxygen atoms in total. The van der Waals surface area contributed by atoms with E-state index < -0.39 is 0 Å². The molecule has 0 radical (unpaired) electrons. The molecule has 2 N–H and O–H groups in total. The Hall–Kier alpha value is -0.610. The SMILES string of the molecule is CNCC(=O)N1CC2CCC(O)C2C1. The van der Waals surface area contributed by atoms with Crippen molar-refractivity contribution in [3.05, 3.63) is 0 Å². The van der Waals surface area contributed by atoms with Gasteiger partial charge in [-0.25, -0.2) is 0 Å². The number of carbonyl (C=O) groups is 1. The van der Waals surface area contributed by atoms with Crippen LogP contribution < -0.4 is 5.32 Å². The van der Waals surface area contributed by atoms with E-state index in [1.165, 1.54) is 0 Å². The monoisotopic (exact) mass is 198 g/mol. The molecule has 1 saturated heterocycles. The van der Waals surface area contributed by atoms with Crippen molar-refractivity contribution in [3.63, 3.8) is 0 Å². The molecule has 2 aliphatic rings. The third kappa shape index (κ3) is 1.64. The second kappa shape index (κ2) is 3.87. The molecule has 2 fully saturated rings. The molecule has 4 heteroatoms. The Labute approximate surface area is 84.3 Å². The second-order valence-corrected chi connectivity index (χ2v) is 4.40. The van der Waals surface area contributed by atoms with E-state index in [0.717, 1.165) is 25.9 Å². The Morgan fingerprint density at radius 3 is 2.93 bits per heavy atom. The number of rotatable bonds is 2. The van der Waals surface area contributed by atoms with Gasteiger partial charge in [-0.05, 0) is 25.8 Å². The van der Waals surface area contributed by atoms with Gasteiger partial charge in [-0.15, -0.1) is 0 Å². The second-order valence-electron chi connectivity index (χ2n) is 4.40. The summed E-state index contributed by atoms with van der Waals surface area (Å²) in [5, 5.41) is 12.5. The average molecular weight is 198 g/mol. The maximum absolute atomic E-state index is 11.6. The smallest absolute Gasteiger partial charge is 0.236 e. The van der Waals surface area contributed by atoms with Gasteiger partial charge in [0.1, 0.15) is 0 Å². The predicted molar refractivity (Wildman–Crippen MR) is 52.7 cm³/mol. The molecule has 0 spiro atoms. The topological polar surface area (TPSA) is 52.6 Å². The van der Waals surface area contributed by atoms with E-state index in [0.29, 0.717) is 18.4 Å². The van der Waals surface area contributed by atoms with Crippen molar-refractivity contribution in [3.8, 4) is 0 Å². The number of nitrogens with one attached hydrogen (secondary N) is 1. The largest absolute Gasteiger partial charge is 0.393 e. The summed E-state index contributed by atoms with van der Waals surface area (Å²) in [5.41, 5.74) is 0. The van der Waals surface area contributed by atoms with Crippen LogP contribution in [-0.2, 0) is 4.79 Å². The Balaban J connectivity index is 1.92. The van der Waals surface area contributed by atoms with E-state index in [9.17, 15) is 9.90 Å². The molecule has 14 heavy (non-hydrogen) atoms. The van der Waals surface area contributed by atoms with Gasteiger partial charge in [0.2, 0.25) is 5.91 Å². The molecule has 3 unspecified atom stereocenters. The van der Waals surface area contributed by atoms with Gasteiger partial charge in [-0.2, -0.15) is 0 Å². The van der Waals surface area contributed by atoms with Crippen molar-refractivity contribution in [1.29, 1.82) is 0 Å². The zero-order chi connectivity index (χ0) is 10.1. The zero-order valence-corrected chi connectivity index (χ0v) is 8.57.